The van der Waals surface area contributed by atoms with Crippen molar-refractivity contribution in [2.45, 2.75) is 13.0 Å². The number of hydrogen-bond donors (Lipinski definition) is 0. The van der Waals surface area contributed by atoms with Gasteiger partial charge in [0, 0.05) is 0 Å². The van der Waals surface area contributed by atoms with Crippen LogP contribution in [0.1, 0.15) is 6.92 Å². The molecule has 1 saturated heterocycles. The molecule has 1 fully saturated rings. The first kappa shape index (κ1) is 10.1. The molecule has 1 aliphatic heterocycles. The van der Waals surface area contributed by atoms with Gasteiger partial charge in [-0.1, -0.05) is 18.7 Å². The standard InChI is InChI=1S/C12H14O3/c1-9(2)15-12-6-4-3-5-11(12)14-8-10-7-13-10/h3-6,10H,1,7-8H2,2H3. The first-order chi connectivity index (χ1) is 7.25. The van der Waals surface area contributed by atoms with Gasteiger partial charge in [-0.05, 0) is 19.1 Å². The van der Waals surface area contributed by atoms with E-state index in [1.54, 1.807) is 6.92 Å². The van der Waals surface area contributed by atoms with Gasteiger partial charge in [-0.25, -0.2) is 0 Å². The zero-order valence-corrected chi connectivity index (χ0v) is 8.73. The lowest BCUT2D eigenvalue weighted by Crippen LogP contribution is -2.05. The number of benzene rings is 1. The summed E-state index contributed by atoms with van der Waals surface area (Å²) in [6.07, 6.45) is 0.253. The topological polar surface area (TPSA) is 31.0 Å². The van der Waals surface area contributed by atoms with Crippen molar-refractivity contribution >= 4 is 0 Å². The lowest BCUT2D eigenvalue weighted by molar-refractivity contribution is 0.253. The Bertz CT molecular complexity index is 356. The quantitative estimate of drug-likeness (QED) is 0.547. The monoisotopic (exact) mass is 206 g/mol. The van der Waals surface area contributed by atoms with Crippen LogP contribution in [-0.2, 0) is 4.74 Å². The second-order valence-electron chi connectivity index (χ2n) is 3.52. The van der Waals surface area contributed by atoms with Gasteiger partial charge in [-0.3, -0.25) is 0 Å². The molecule has 0 amide bonds. The maximum Gasteiger partial charge on any atom is 0.168 e. The maximum atomic E-state index is 5.57. The Hall–Kier alpha value is -1.48. The lowest BCUT2D eigenvalue weighted by Gasteiger charge is -2.10. The van der Waals surface area contributed by atoms with Crippen LogP contribution in [0.4, 0.5) is 0 Å². The van der Waals surface area contributed by atoms with E-state index in [1.807, 2.05) is 24.3 Å². The number of ether oxygens (including phenoxy) is 3. The van der Waals surface area contributed by atoms with Crippen molar-refractivity contribution in [3.63, 3.8) is 0 Å². The Balaban J connectivity index is 2.02. The number of rotatable bonds is 5. The van der Waals surface area contributed by atoms with E-state index in [4.69, 9.17) is 14.2 Å². The highest BCUT2D eigenvalue weighted by Crippen LogP contribution is 2.28. The van der Waals surface area contributed by atoms with Crippen molar-refractivity contribution in [2.75, 3.05) is 13.2 Å². The first-order valence-electron chi connectivity index (χ1n) is 4.92. The van der Waals surface area contributed by atoms with Gasteiger partial charge in [-0.15, -0.1) is 0 Å². The van der Waals surface area contributed by atoms with Crippen LogP contribution in [0.15, 0.2) is 36.6 Å². The number of allylic oxidation sites excluding steroid dienone is 1. The van der Waals surface area contributed by atoms with Crippen molar-refractivity contribution in [1.82, 2.24) is 0 Å². The Kier molecular flexibility index (Phi) is 2.92. The summed E-state index contributed by atoms with van der Waals surface area (Å²) in [4.78, 5) is 0. The minimum Gasteiger partial charge on any atom is -0.487 e. The fourth-order valence-electron chi connectivity index (χ4n) is 1.19. The van der Waals surface area contributed by atoms with Gasteiger partial charge >= 0.3 is 0 Å². The van der Waals surface area contributed by atoms with Gasteiger partial charge in [0.2, 0.25) is 0 Å². The summed E-state index contributed by atoms with van der Waals surface area (Å²) < 4.78 is 16.1. The van der Waals surface area contributed by atoms with Crippen LogP contribution >= 0.6 is 0 Å². The average Bonchev–Trinajstić information content (AvgIpc) is 2.99. The zero-order chi connectivity index (χ0) is 10.7. The molecule has 1 unspecified atom stereocenters. The Morgan fingerprint density at radius 2 is 2.13 bits per heavy atom. The van der Waals surface area contributed by atoms with Crippen molar-refractivity contribution in [2.24, 2.45) is 0 Å². The van der Waals surface area contributed by atoms with Gasteiger partial charge in [0.15, 0.2) is 11.5 Å². The van der Waals surface area contributed by atoms with Crippen LogP contribution < -0.4 is 9.47 Å². The molecule has 1 aromatic rings. The van der Waals surface area contributed by atoms with Crippen molar-refractivity contribution in [3.05, 3.63) is 36.6 Å². The molecule has 0 spiro atoms. The Morgan fingerprint density at radius 3 is 2.73 bits per heavy atom. The fourth-order valence-corrected chi connectivity index (χ4v) is 1.19. The highest BCUT2D eigenvalue weighted by Gasteiger charge is 2.23. The lowest BCUT2D eigenvalue weighted by atomic mass is 10.3. The predicted octanol–water partition coefficient (Wildman–Crippen LogP) is 2.38. The smallest absolute Gasteiger partial charge is 0.168 e. The molecule has 0 N–H and O–H groups in total. The minimum atomic E-state index is 0.253. The summed E-state index contributed by atoms with van der Waals surface area (Å²) in [5.41, 5.74) is 0. The van der Waals surface area contributed by atoms with Gasteiger partial charge in [0.05, 0.1) is 12.4 Å². The summed E-state index contributed by atoms with van der Waals surface area (Å²) in [6.45, 7) is 6.88. The van der Waals surface area contributed by atoms with E-state index in [0.29, 0.717) is 18.1 Å². The molecule has 1 atom stereocenters. The largest absolute Gasteiger partial charge is 0.487 e. The van der Waals surface area contributed by atoms with E-state index < -0.39 is 0 Å². The number of epoxide rings is 1. The molecule has 3 heteroatoms. The molecule has 3 nitrogen and oxygen atoms in total. The van der Waals surface area contributed by atoms with E-state index >= 15 is 0 Å². The van der Waals surface area contributed by atoms with E-state index in [-0.39, 0.29) is 6.10 Å². The number of para-hydroxylation sites is 2. The van der Waals surface area contributed by atoms with Crippen LogP contribution in [0.5, 0.6) is 11.5 Å². The zero-order valence-electron chi connectivity index (χ0n) is 8.73. The van der Waals surface area contributed by atoms with Crippen LogP contribution in [0.25, 0.3) is 0 Å². The minimum absolute atomic E-state index is 0.253. The third kappa shape index (κ3) is 2.99. The molecule has 0 bridgehead atoms. The van der Waals surface area contributed by atoms with Crippen LogP contribution in [0.3, 0.4) is 0 Å². The highest BCUT2D eigenvalue weighted by atomic mass is 16.6. The van der Waals surface area contributed by atoms with E-state index in [1.165, 1.54) is 0 Å². The van der Waals surface area contributed by atoms with Crippen molar-refractivity contribution in [3.8, 4) is 11.5 Å². The molecule has 1 aliphatic rings. The molecule has 0 saturated carbocycles. The summed E-state index contributed by atoms with van der Waals surface area (Å²) in [5, 5.41) is 0. The maximum absolute atomic E-state index is 5.57. The molecule has 1 aromatic carbocycles. The average molecular weight is 206 g/mol. The summed E-state index contributed by atoms with van der Waals surface area (Å²) in [6, 6.07) is 7.55. The first-order valence-corrected chi connectivity index (χ1v) is 4.92. The highest BCUT2D eigenvalue weighted by molar-refractivity contribution is 5.40. The van der Waals surface area contributed by atoms with Gasteiger partial charge < -0.3 is 14.2 Å². The van der Waals surface area contributed by atoms with Gasteiger partial charge in [0.1, 0.15) is 12.7 Å². The molecule has 0 aromatic heterocycles. The van der Waals surface area contributed by atoms with E-state index in [9.17, 15) is 0 Å². The van der Waals surface area contributed by atoms with Crippen LogP contribution in [-0.4, -0.2) is 19.3 Å². The molecular formula is C12H14O3. The SMILES string of the molecule is C=C(C)Oc1ccccc1OCC1CO1. The number of hydrogen-bond acceptors (Lipinski definition) is 3. The molecule has 15 heavy (non-hydrogen) atoms. The normalized spacial score (nSPS) is 18.3. The van der Waals surface area contributed by atoms with Crippen molar-refractivity contribution in [1.29, 1.82) is 0 Å². The molecule has 0 radical (unpaired) electrons. The fraction of sp³-hybridized carbons (Fsp3) is 0.333. The summed E-state index contributed by atoms with van der Waals surface area (Å²) >= 11 is 0. The van der Waals surface area contributed by atoms with E-state index in [0.717, 1.165) is 12.4 Å². The van der Waals surface area contributed by atoms with Crippen LogP contribution in [0, 0.1) is 0 Å². The summed E-state index contributed by atoms with van der Waals surface area (Å²) in [5.74, 6) is 2.08. The predicted molar refractivity (Wildman–Crippen MR) is 57.1 cm³/mol. The molecule has 0 aliphatic carbocycles. The Morgan fingerprint density at radius 1 is 1.47 bits per heavy atom. The molecule has 80 valence electrons. The van der Waals surface area contributed by atoms with Gasteiger partial charge in [-0.2, -0.15) is 0 Å². The third-order valence-electron chi connectivity index (χ3n) is 1.96. The van der Waals surface area contributed by atoms with Crippen LogP contribution in [0.2, 0.25) is 0 Å². The molecular weight excluding hydrogens is 192 g/mol. The molecule has 2 rings (SSSR count). The third-order valence-corrected chi connectivity index (χ3v) is 1.96. The molecule has 1 heterocycles. The summed E-state index contributed by atoms with van der Waals surface area (Å²) in [7, 11) is 0. The second kappa shape index (κ2) is 4.36. The van der Waals surface area contributed by atoms with Gasteiger partial charge in [0.25, 0.3) is 0 Å². The van der Waals surface area contributed by atoms with E-state index in [2.05, 4.69) is 6.58 Å². The van der Waals surface area contributed by atoms with Crippen molar-refractivity contribution < 1.29 is 14.2 Å². The second-order valence-corrected chi connectivity index (χ2v) is 3.52. The Labute approximate surface area is 89.3 Å².